The van der Waals surface area contributed by atoms with Gasteiger partial charge in [0.1, 0.15) is 0 Å². The molecule has 0 aliphatic rings. The van der Waals surface area contributed by atoms with Gasteiger partial charge >= 0.3 is 0 Å². The molecule has 0 saturated heterocycles. The average molecular weight is 543 g/mol. The van der Waals surface area contributed by atoms with Crippen LogP contribution >= 0.6 is 11.3 Å². The molecule has 194 valence electrons. The van der Waals surface area contributed by atoms with E-state index in [-0.39, 0.29) is 0 Å². The normalized spacial score (nSPS) is 11.4. The molecule has 8 aromatic rings. The highest BCUT2D eigenvalue weighted by Gasteiger charge is 2.17. The van der Waals surface area contributed by atoms with Crippen LogP contribution in [0.3, 0.4) is 0 Å². The van der Waals surface area contributed by atoms with Crippen LogP contribution < -0.4 is 4.90 Å². The Morgan fingerprint density at radius 3 is 1.83 bits per heavy atom. The molecule has 0 saturated carbocycles. The second kappa shape index (κ2) is 9.81. The lowest BCUT2D eigenvalue weighted by atomic mass is 10.0. The third-order valence-corrected chi connectivity index (χ3v) is 8.80. The fraction of sp³-hybridized carbons (Fsp3) is 0. The second-order valence-corrected chi connectivity index (χ2v) is 11.2. The molecule has 0 amide bonds. The van der Waals surface area contributed by atoms with Crippen LogP contribution in [0.2, 0.25) is 0 Å². The number of benzene rings is 6. The third kappa shape index (κ3) is 4.02. The van der Waals surface area contributed by atoms with Crippen molar-refractivity contribution in [3.8, 4) is 16.8 Å². The molecule has 0 N–H and O–H groups in total. The lowest BCUT2D eigenvalue weighted by Gasteiger charge is -2.26. The number of hydrogen-bond donors (Lipinski definition) is 0. The summed E-state index contributed by atoms with van der Waals surface area (Å²) in [6.45, 7) is 0. The summed E-state index contributed by atoms with van der Waals surface area (Å²) in [5, 5.41) is 6.06. The van der Waals surface area contributed by atoms with Crippen molar-refractivity contribution in [2.24, 2.45) is 0 Å². The summed E-state index contributed by atoms with van der Waals surface area (Å²) < 4.78 is 3.75. The number of hydrogen-bond acceptors (Lipinski definition) is 2. The standard InChI is InChI=1S/C38H26N2S/c1-3-9-27(10-4-1)28-15-18-31(19-16-28)39(30-11-5-2-6-12-30)32-20-22-33(23-21-32)40-36-14-8-7-13-34(36)35-24-17-29-25-26-41-38(29)37(35)40/h1-26H. The van der Waals surface area contributed by atoms with E-state index in [0.717, 1.165) is 22.7 Å². The van der Waals surface area contributed by atoms with Gasteiger partial charge in [0.05, 0.1) is 15.7 Å². The molecular weight excluding hydrogens is 516 g/mol. The first-order chi connectivity index (χ1) is 20.3. The van der Waals surface area contributed by atoms with Gasteiger partial charge in [-0.15, -0.1) is 11.3 Å². The number of aromatic nitrogens is 1. The van der Waals surface area contributed by atoms with Crippen molar-refractivity contribution >= 4 is 60.3 Å². The minimum absolute atomic E-state index is 1.12. The molecule has 8 rings (SSSR count). The minimum atomic E-state index is 1.12. The van der Waals surface area contributed by atoms with Crippen LogP contribution in [0, 0.1) is 0 Å². The maximum absolute atomic E-state index is 2.43. The van der Waals surface area contributed by atoms with Gasteiger partial charge in [0.15, 0.2) is 0 Å². The largest absolute Gasteiger partial charge is 0.311 e. The highest BCUT2D eigenvalue weighted by Crippen LogP contribution is 2.40. The summed E-state index contributed by atoms with van der Waals surface area (Å²) in [7, 11) is 0. The van der Waals surface area contributed by atoms with Crippen LogP contribution in [0.4, 0.5) is 17.1 Å². The lowest BCUT2D eigenvalue weighted by Crippen LogP contribution is -2.10. The van der Waals surface area contributed by atoms with Crippen molar-refractivity contribution in [2.75, 3.05) is 4.90 Å². The summed E-state index contributed by atoms with van der Waals surface area (Å²) in [4.78, 5) is 2.32. The number of anilines is 3. The Morgan fingerprint density at radius 1 is 0.463 bits per heavy atom. The van der Waals surface area contributed by atoms with Gasteiger partial charge in [0.2, 0.25) is 0 Å². The molecule has 0 aliphatic heterocycles. The smallest absolute Gasteiger partial charge is 0.0719 e. The maximum atomic E-state index is 2.43. The highest BCUT2D eigenvalue weighted by atomic mass is 32.1. The lowest BCUT2D eigenvalue weighted by molar-refractivity contribution is 1.18. The van der Waals surface area contributed by atoms with Gasteiger partial charge in [0, 0.05) is 33.5 Å². The van der Waals surface area contributed by atoms with Gasteiger partial charge in [0.25, 0.3) is 0 Å². The molecule has 0 unspecified atom stereocenters. The van der Waals surface area contributed by atoms with Crippen molar-refractivity contribution in [1.29, 1.82) is 0 Å². The molecule has 6 aromatic carbocycles. The molecule has 0 fully saturated rings. The Morgan fingerprint density at radius 2 is 1.07 bits per heavy atom. The first-order valence-electron chi connectivity index (χ1n) is 13.9. The van der Waals surface area contributed by atoms with E-state index < -0.39 is 0 Å². The summed E-state index contributed by atoms with van der Waals surface area (Å²) >= 11 is 1.81. The van der Waals surface area contributed by atoms with E-state index in [1.807, 2.05) is 11.3 Å². The van der Waals surface area contributed by atoms with Gasteiger partial charge in [-0.25, -0.2) is 0 Å². The Balaban J connectivity index is 1.26. The van der Waals surface area contributed by atoms with Crippen molar-refractivity contribution in [2.45, 2.75) is 0 Å². The van der Waals surface area contributed by atoms with E-state index in [4.69, 9.17) is 0 Å². The van der Waals surface area contributed by atoms with E-state index in [1.54, 1.807) is 0 Å². The number of rotatable bonds is 5. The zero-order valence-corrected chi connectivity index (χ0v) is 23.1. The van der Waals surface area contributed by atoms with E-state index >= 15 is 0 Å². The minimum Gasteiger partial charge on any atom is -0.311 e. The Bertz CT molecular complexity index is 2120. The predicted octanol–water partition coefficient (Wildman–Crippen LogP) is 11.1. The Kier molecular flexibility index (Phi) is 5.68. The number of thiophene rings is 1. The van der Waals surface area contributed by atoms with Crippen molar-refractivity contribution < 1.29 is 0 Å². The molecule has 0 aliphatic carbocycles. The predicted molar refractivity (Wildman–Crippen MR) is 176 cm³/mol. The van der Waals surface area contributed by atoms with Gasteiger partial charge in [-0.1, -0.05) is 91.0 Å². The summed E-state index contributed by atoms with van der Waals surface area (Å²) in [5.41, 5.74) is 9.48. The number of para-hydroxylation sites is 2. The second-order valence-electron chi connectivity index (χ2n) is 10.3. The monoisotopic (exact) mass is 542 g/mol. The number of fused-ring (bicyclic) bond motifs is 5. The fourth-order valence-electron chi connectivity index (χ4n) is 5.95. The summed E-state index contributed by atoms with van der Waals surface area (Å²) in [6.07, 6.45) is 0. The summed E-state index contributed by atoms with van der Waals surface area (Å²) in [5.74, 6) is 0. The zero-order valence-electron chi connectivity index (χ0n) is 22.3. The van der Waals surface area contributed by atoms with Crippen LogP contribution in [-0.4, -0.2) is 4.57 Å². The molecule has 0 bridgehead atoms. The van der Waals surface area contributed by atoms with E-state index in [0.29, 0.717) is 0 Å². The highest BCUT2D eigenvalue weighted by molar-refractivity contribution is 7.18. The molecule has 2 heterocycles. The SMILES string of the molecule is c1ccc(-c2ccc(N(c3ccccc3)c3ccc(-n4c5ccccc5c5ccc6ccsc6c54)cc3)cc2)cc1. The first kappa shape index (κ1) is 23.7. The van der Waals surface area contributed by atoms with Crippen LogP contribution in [-0.2, 0) is 0 Å². The van der Waals surface area contributed by atoms with E-state index in [2.05, 4.69) is 167 Å². The molecule has 0 radical (unpaired) electrons. The van der Waals surface area contributed by atoms with Crippen molar-refractivity contribution in [1.82, 2.24) is 4.57 Å². The van der Waals surface area contributed by atoms with Gasteiger partial charge in [-0.3, -0.25) is 0 Å². The van der Waals surface area contributed by atoms with E-state index in [9.17, 15) is 0 Å². The molecule has 2 nitrogen and oxygen atoms in total. The molecule has 0 spiro atoms. The third-order valence-electron chi connectivity index (χ3n) is 7.87. The molecular formula is C38H26N2S. The van der Waals surface area contributed by atoms with Gasteiger partial charge in [-0.2, -0.15) is 0 Å². The van der Waals surface area contributed by atoms with Crippen LogP contribution in [0.25, 0.3) is 48.7 Å². The average Bonchev–Trinajstić information content (AvgIpc) is 3.66. The number of nitrogens with zero attached hydrogens (tertiary/aromatic N) is 2. The molecule has 3 heteroatoms. The van der Waals surface area contributed by atoms with Crippen LogP contribution in [0.5, 0.6) is 0 Å². The topological polar surface area (TPSA) is 8.17 Å². The summed E-state index contributed by atoms with van der Waals surface area (Å²) in [6, 6.07) is 54.4. The first-order valence-corrected chi connectivity index (χ1v) is 14.7. The maximum Gasteiger partial charge on any atom is 0.0719 e. The fourth-order valence-corrected chi connectivity index (χ4v) is 6.89. The molecule has 0 atom stereocenters. The zero-order chi connectivity index (χ0) is 27.2. The van der Waals surface area contributed by atoms with Gasteiger partial charge in [-0.05, 0) is 82.6 Å². The Hall–Kier alpha value is -5.12. The van der Waals surface area contributed by atoms with Crippen LogP contribution in [0.1, 0.15) is 0 Å². The van der Waals surface area contributed by atoms with E-state index in [1.165, 1.54) is 43.0 Å². The van der Waals surface area contributed by atoms with Gasteiger partial charge < -0.3 is 9.47 Å². The Labute approximate surface area is 243 Å². The van der Waals surface area contributed by atoms with Crippen molar-refractivity contribution in [3.63, 3.8) is 0 Å². The van der Waals surface area contributed by atoms with Crippen LogP contribution in [0.15, 0.2) is 157 Å². The molecule has 41 heavy (non-hydrogen) atoms. The molecule has 2 aromatic heterocycles. The quantitative estimate of drug-likeness (QED) is 0.210. The van der Waals surface area contributed by atoms with Crippen molar-refractivity contribution in [3.05, 3.63) is 157 Å².